The number of piperazine rings is 1. The van der Waals surface area contributed by atoms with Crippen LogP contribution in [0, 0.1) is 5.92 Å². The van der Waals surface area contributed by atoms with E-state index in [4.69, 9.17) is 23.2 Å². The Balaban J connectivity index is 1.94. The van der Waals surface area contributed by atoms with Crippen molar-refractivity contribution in [2.45, 2.75) is 39.3 Å². The van der Waals surface area contributed by atoms with E-state index in [9.17, 15) is 0 Å². The topological polar surface area (TPSA) is 15.3 Å². The van der Waals surface area contributed by atoms with E-state index in [2.05, 4.69) is 31.0 Å². The molecule has 1 heterocycles. The average molecular weight is 315 g/mol. The first-order chi connectivity index (χ1) is 9.47. The fraction of sp³-hybridized carbons (Fsp3) is 0.625. The van der Waals surface area contributed by atoms with Crippen LogP contribution in [-0.4, -0.2) is 36.6 Å². The summed E-state index contributed by atoms with van der Waals surface area (Å²) < 4.78 is 0. The van der Waals surface area contributed by atoms with Gasteiger partial charge >= 0.3 is 0 Å². The quantitative estimate of drug-likeness (QED) is 0.908. The molecule has 4 heteroatoms. The summed E-state index contributed by atoms with van der Waals surface area (Å²) in [6.07, 6.45) is 0.977. The van der Waals surface area contributed by atoms with Crippen molar-refractivity contribution in [2.24, 2.45) is 5.92 Å². The summed E-state index contributed by atoms with van der Waals surface area (Å²) >= 11 is 12.2. The zero-order chi connectivity index (χ0) is 14.7. The van der Waals surface area contributed by atoms with E-state index >= 15 is 0 Å². The van der Waals surface area contributed by atoms with E-state index in [1.165, 1.54) is 5.56 Å². The van der Waals surface area contributed by atoms with Crippen LogP contribution in [0.4, 0.5) is 0 Å². The number of rotatable bonds is 4. The summed E-state index contributed by atoms with van der Waals surface area (Å²) in [6, 6.07) is 6.96. The Bertz CT molecular complexity index is 448. The summed E-state index contributed by atoms with van der Waals surface area (Å²) in [4.78, 5) is 2.56. The van der Waals surface area contributed by atoms with Crippen molar-refractivity contribution < 1.29 is 0 Å². The first kappa shape index (κ1) is 16.1. The zero-order valence-corrected chi connectivity index (χ0v) is 14.0. The molecule has 2 nitrogen and oxygen atoms in total. The highest BCUT2D eigenvalue weighted by molar-refractivity contribution is 6.35. The first-order valence-electron chi connectivity index (χ1n) is 7.38. The molecule has 0 amide bonds. The van der Waals surface area contributed by atoms with Crippen molar-refractivity contribution in [3.8, 4) is 0 Å². The number of nitrogens with one attached hydrogen (secondary N) is 1. The second kappa shape index (κ2) is 7.13. The Morgan fingerprint density at radius 3 is 2.75 bits per heavy atom. The number of hydrogen-bond donors (Lipinski definition) is 1. The van der Waals surface area contributed by atoms with Crippen molar-refractivity contribution in [1.82, 2.24) is 10.2 Å². The molecule has 1 aliphatic heterocycles. The van der Waals surface area contributed by atoms with E-state index in [0.717, 1.165) is 31.1 Å². The predicted molar refractivity (Wildman–Crippen MR) is 87.8 cm³/mol. The summed E-state index contributed by atoms with van der Waals surface area (Å²) in [5.41, 5.74) is 1.18. The summed E-state index contributed by atoms with van der Waals surface area (Å²) in [5, 5.41) is 5.11. The molecular weight excluding hydrogens is 291 g/mol. The monoisotopic (exact) mass is 314 g/mol. The van der Waals surface area contributed by atoms with Crippen LogP contribution in [0.1, 0.15) is 26.3 Å². The standard InChI is InChI=1S/C16H24Cl2N2/c1-11(2)16-10-20(12(3)9-19-16)7-6-13-4-5-14(17)8-15(13)18/h4-5,8,11-12,16,19H,6-7,9-10H2,1-3H3. The summed E-state index contributed by atoms with van der Waals surface area (Å²) in [6.45, 7) is 10.1. The molecular formula is C16H24Cl2N2. The Morgan fingerprint density at radius 2 is 2.10 bits per heavy atom. The number of nitrogens with zero attached hydrogens (tertiary/aromatic N) is 1. The van der Waals surface area contributed by atoms with Gasteiger partial charge in [-0.1, -0.05) is 43.1 Å². The van der Waals surface area contributed by atoms with Gasteiger partial charge in [-0.05, 0) is 37.0 Å². The molecule has 0 aliphatic carbocycles. The predicted octanol–water partition coefficient (Wildman–Crippen LogP) is 3.85. The number of benzene rings is 1. The fourth-order valence-electron chi connectivity index (χ4n) is 2.69. The van der Waals surface area contributed by atoms with Crippen LogP contribution in [0.5, 0.6) is 0 Å². The van der Waals surface area contributed by atoms with Gasteiger partial charge in [-0.3, -0.25) is 4.90 Å². The van der Waals surface area contributed by atoms with Gasteiger partial charge in [-0.15, -0.1) is 0 Å². The van der Waals surface area contributed by atoms with Crippen LogP contribution in [-0.2, 0) is 6.42 Å². The molecule has 1 aromatic rings. The van der Waals surface area contributed by atoms with Crippen molar-refractivity contribution in [2.75, 3.05) is 19.6 Å². The zero-order valence-electron chi connectivity index (χ0n) is 12.5. The molecule has 0 bridgehead atoms. The highest BCUT2D eigenvalue weighted by atomic mass is 35.5. The van der Waals surface area contributed by atoms with Gasteiger partial charge in [-0.25, -0.2) is 0 Å². The van der Waals surface area contributed by atoms with E-state index in [-0.39, 0.29) is 0 Å². The minimum Gasteiger partial charge on any atom is -0.311 e. The Hall–Kier alpha value is -0.280. The maximum Gasteiger partial charge on any atom is 0.0453 e. The molecule has 0 spiro atoms. The molecule has 1 aromatic carbocycles. The van der Waals surface area contributed by atoms with E-state index < -0.39 is 0 Å². The van der Waals surface area contributed by atoms with Crippen LogP contribution in [0.2, 0.25) is 10.0 Å². The van der Waals surface area contributed by atoms with Gasteiger partial charge < -0.3 is 5.32 Å². The van der Waals surface area contributed by atoms with Crippen molar-refractivity contribution >= 4 is 23.2 Å². The van der Waals surface area contributed by atoms with Gasteiger partial charge in [0.05, 0.1) is 0 Å². The lowest BCUT2D eigenvalue weighted by atomic mass is 9.99. The lowest BCUT2D eigenvalue weighted by Crippen LogP contribution is -2.57. The molecule has 1 saturated heterocycles. The molecule has 2 rings (SSSR count). The van der Waals surface area contributed by atoms with Crippen molar-refractivity contribution in [3.05, 3.63) is 33.8 Å². The maximum atomic E-state index is 6.25. The Kier molecular flexibility index (Phi) is 5.74. The van der Waals surface area contributed by atoms with Gasteiger partial charge in [0.1, 0.15) is 0 Å². The molecule has 1 aliphatic rings. The van der Waals surface area contributed by atoms with Crippen LogP contribution in [0.15, 0.2) is 18.2 Å². The smallest absolute Gasteiger partial charge is 0.0453 e. The van der Waals surface area contributed by atoms with Gasteiger partial charge in [0, 0.05) is 41.8 Å². The normalized spacial score (nSPS) is 24.3. The van der Waals surface area contributed by atoms with Crippen LogP contribution >= 0.6 is 23.2 Å². The molecule has 0 radical (unpaired) electrons. The van der Waals surface area contributed by atoms with Gasteiger partial charge in [0.25, 0.3) is 0 Å². The molecule has 0 aromatic heterocycles. The lowest BCUT2D eigenvalue weighted by Gasteiger charge is -2.40. The minimum absolute atomic E-state index is 0.580. The highest BCUT2D eigenvalue weighted by Crippen LogP contribution is 2.22. The van der Waals surface area contributed by atoms with E-state index in [0.29, 0.717) is 23.0 Å². The Morgan fingerprint density at radius 1 is 1.35 bits per heavy atom. The third kappa shape index (κ3) is 4.11. The van der Waals surface area contributed by atoms with Crippen LogP contribution < -0.4 is 5.32 Å². The average Bonchev–Trinajstić information content (AvgIpc) is 2.39. The molecule has 112 valence electrons. The Labute approximate surface area is 132 Å². The third-order valence-corrected chi connectivity index (χ3v) is 4.81. The second-order valence-electron chi connectivity index (χ2n) is 6.09. The molecule has 1 N–H and O–H groups in total. The summed E-state index contributed by atoms with van der Waals surface area (Å²) in [5.74, 6) is 0.670. The van der Waals surface area contributed by atoms with Gasteiger partial charge in [0.2, 0.25) is 0 Å². The molecule has 1 fully saturated rings. The minimum atomic E-state index is 0.580. The molecule has 20 heavy (non-hydrogen) atoms. The maximum absolute atomic E-state index is 6.25. The van der Waals surface area contributed by atoms with Gasteiger partial charge in [-0.2, -0.15) is 0 Å². The summed E-state index contributed by atoms with van der Waals surface area (Å²) in [7, 11) is 0. The van der Waals surface area contributed by atoms with Crippen LogP contribution in [0.25, 0.3) is 0 Å². The SMILES string of the molecule is CC(C)C1CN(CCc2ccc(Cl)cc2Cl)C(C)CN1. The first-order valence-corrected chi connectivity index (χ1v) is 8.14. The molecule has 2 unspecified atom stereocenters. The van der Waals surface area contributed by atoms with Crippen molar-refractivity contribution in [3.63, 3.8) is 0 Å². The number of hydrogen-bond acceptors (Lipinski definition) is 2. The van der Waals surface area contributed by atoms with E-state index in [1.54, 1.807) is 0 Å². The second-order valence-corrected chi connectivity index (χ2v) is 6.93. The van der Waals surface area contributed by atoms with Crippen molar-refractivity contribution in [1.29, 1.82) is 0 Å². The lowest BCUT2D eigenvalue weighted by molar-refractivity contribution is 0.124. The largest absolute Gasteiger partial charge is 0.311 e. The van der Waals surface area contributed by atoms with Crippen LogP contribution in [0.3, 0.4) is 0 Å². The fourth-order valence-corrected chi connectivity index (χ4v) is 3.20. The molecule has 2 atom stereocenters. The number of halogens is 2. The van der Waals surface area contributed by atoms with E-state index in [1.807, 2.05) is 18.2 Å². The van der Waals surface area contributed by atoms with Gasteiger partial charge in [0.15, 0.2) is 0 Å². The highest BCUT2D eigenvalue weighted by Gasteiger charge is 2.26. The third-order valence-electron chi connectivity index (χ3n) is 4.22. The molecule has 0 saturated carbocycles.